The second-order valence-electron chi connectivity index (χ2n) is 6.01. The molecule has 4 rings (SSSR count). The molecule has 3 N–H and O–H groups in total. The monoisotopic (exact) mass is 261 g/mol. The van der Waals surface area contributed by atoms with Crippen LogP contribution in [-0.2, 0) is 4.79 Å². The van der Waals surface area contributed by atoms with Crippen molar-refractivity contribution in [2.45, 2.75) is 37.6 Å². The Balaban J connectivity index is 1.38. The number of H-pyrrole nitrogens is 1. The van der Waals surface area contributed by atoms with Gasteiger partial charge in [-0.1, -0.05) is 0 Å². The molecule has 3 aliphatic carbocycles. The molecule has 3 fully saturated rings. The molecule has 0 aromatic carbocycles. The van der Waals surface area contributed by atoms with E-state index >= 15 is 0 Å². The zero-order chi connectivity index (χ0) is 13.2. The fourth-order valence-corrected chi connectivity index (χ4v) is 3.22. The fraction of sp³-hybridized carbons (Fsp3) is 0.615. The van der Waals surface area contributed by atoms with Crippen molar-refractivity contribution >= 4 is 11.9 Å². The minimum atomic E-state index is -0.722. The number of carbonyl (C=O) groups excluding carboxylic acids is 1. The molecule has 1 amide bonds. The van der Waals surface area contributed by atoms with Crippen molar-refractivity contribution in [2.24, 2.45) is 11.3 Å². The molecule has 0 aliphatic heterocycles. The molecule has 1 heterocycles. The highest BCUT2D eigenvalue weighted by Gasteiger charge is 2.72. The van der Waals surface area contributed by atoms with Crippen molar-refractivity contribution in [1.82, 2.24) is 15.3 Å². The molecule has 19 heavy (non-hydrogen) atoms. The van der Waals surface area contributed by atoms with Gasteiger partial charge in [0.25, 0.3) is 5.91 Å². The number of hydrogen-bond acceptors (Lipinski definition) is 3. The molecule has 0 unspecified atom stereocenters. The molecule has 0 spiro atoms. The standard InChI is InChI=1S/C13H15N3O3/c17-11(9-5-14-10(15-9)6-1-2-6)16-8-4-13(12(18)19)3-7(8)13/h5-8H,1-4H2,(H,14,15)(H,16,17)(H,18,19)/t7-,8+,13-/m0/s1. The Labute approximate surface area is 109 Å². The van der Waals surface area contributed by atoms with Gasteiger partial charge in [0.05, 0.1) is 11.6 Å². The Bertz CT molecular complexity index is 577. The summed E-state index contributed by atoms with van der Waals surface area (Å²) in [7, 11) is 0. The Morgan fingerprint density at radius 2 is 2.21 bits per heavy atom. The molecule has 0 radical (unpaired) electrons. The summed E-state index contributed by atoms with van der Waals surface area (Å²) in [4.78, 5) is 30.3. The Morgan fingerprint density at radius 1 is 1.42 bits per heavy atom. The van der Waals surface area contributed by atoms with Crippen LogP contribution in [0, 0.1) is 11.3 Å². The number of nitrogens with zero attached hydrogens (tertiary/aromatic N) is 1. The first-order valence-electron chi connectivity index (χ1n) is 6.69. The molecule has 3 saturated carbocycles. The number of amides is 1. The molecule has 6 nitrogen and oxygen atoms in total. The summed E-state index contributed by atoms with van der Waals surface area (Å²) in [6.45, 7) is 0. The highest BCUT2D eigenvalue weighted by atomic mass is 16.4. The number of aromatic nitrogens is 2. The second-order valence-corrected chi connectivity index (χ2v) is 6.01. The second kappa shape index (κ2) is 3.37. The lowest BCUT2D eigenvalue weighted by molar-refractivity contribution is -0.147. The Kier molecular flexibility index (Phi) is 1.96. The van der Waals surface area contributed by atoms with E-state index in [2.05, 4.69) is 15.3 Å². The van der Waals surface area contributed by atoms with Crippen molar-refractivity contribution in [3.63, 3.8) is 0 Å². The van der Waals surface area contributed by atoms with E-state index in [9.17, 15) is 9.59 Å². The minimum Gasteiger partial charge on any atom is -0.481 e. The third-order valence-corrected chi connectivity index (χ3v) is 4.75. The summed E-state index contributed by atoms with van der Waals surface area (Å²) in [5.74, 6) is 0.619. The van der Waals surface area contributed by atoms with Crippen LogP contribution in [0.25, 0.3) is 0 Å². The van der Waals surface area contributed by atoms with E-state index < -0.39 is 11.4 Å². The van der Waals surface area contributed by atoms with Gasteiger partial charge in [-0.15, -0.1) is 0 Å². The molecule has 3 atom stereocenters. The maximum Gasteiger partial charge on any atom is 0.310 e. The van der Waals surface area contributed by atoms with Crippen LogP contribution in [0.1, 0.15) is 47.9 Å². The molecule has 100 valence electrons. The van der Waals surface area contributed by atoms with Crippen LogP contribution in [0.5, 0.6) is 0 Å². The van der Waals surface area contributed by atoms with E-state index in [4.69, 9.17) is 5.11 Å². The van der Waals surface area contributed by atoms with Gasteiger partial charge in [-0.25, -0.2) is 4.98 Å². The highest BCUT2D eigenvalue weighted by molar-refractivity contribution is 5.93. The number of carboxylic acid groups (broad SMARTS) is 1. The zero-order valence-corrected chi connectivity index (χ0v) is 10.3. The van der Waals surface area contributed by atoms with Crippen LogP contribution in [0.2, 0.25) is 0 Å². The average molecular weight is 261 g/mol. The van der Waals surface area contributed by atoms with Crippen LogP contribution >= 0.6 is 0 Å². The number of carboxylic acids is 1. The van der Waals surface area contributed by atoms with E-state index in [1.165, 1.54) is 0 Å². The molecule has 3 aliphatic rings. The summed E-state index contributed by atoms with van der Waals surface area (Å²) in [6.07, 6.45) is 5.10. The molecular formula is C13H15N3O3. The third kappa shape index (κ3) is 1.52. The number of nitrogens with one attached hydrogen (secondary N) is 2. The summed E-state index contributed by atoms with van der Waals surface area (Å²) >= 11 is 0. The van der Waals surface area contributed by atoms with E-state index in [0.717, 1.165) is 18.7 Å². The maximum absolute atomic E-state index is 12.0. The Morgan fingerprint density at radius 3 is 2.79 bits per heavy atom. The van der Waals surface area contributed by atoms with Crippen molar-refractivity contribution in [3.05, 3.63) is 17.7 Å². The number of rotatable bonds is 4. The fourth-order valence-electron chi connectivity index (χ4n) is 3.22. The molecule has 1 aromatic rings. The van der Waals surface area contributed by atoms with Crippen LogP contribution < -0.4 is 5.32 Å². The predicted molar refractivity (Wildman–Crippen MR) is 64.6 cm³/mol. The quantitative estimate of drug-likeness (QED) is 0.749. The van der Waals surface area contributed by atoms with E-state index in [-0.39, 0.29) is 17.9 Å². The van der Waals surface area contributed by atoms with Gasteiger partial charge in [-0.2, -0.15) is 0 Å². The summed E-state index contributed by atoms with van der Waals surface area (Å²) in [5.41, 5.74) is -0.0409. The lowest BCUT2D eigenvalue weighted by Crippen LogP contribution is -2.48. The van der Waals surface area contributed by atoms with Gasteiger partial charge in [-0.05, 0) is 31.6 Å². The van der Waals surface area contributed by atoms with Gasteiger partial charge in [0, 0.05) is 12.0 Å². The third-order valence-electron chi connectivity index (χ3n) is 4.75. The van der Waals surface area contributed by atoms with Crippen LogP contribution in [0.4, 0.5) is 0 Å². The number of aliphatic carboxylic acids is 1. The van der Waals surface area contributed by atoms with Crippen LogP contribution in [0.3, 0.4) is 0 Å². The predicted octanol–water partition coefficient (Wildman–Crippen LogP) is 0.880. The van der Waals surface area contributed by atoms with Crippen molar-refractivity contribution in [3.8, 4) is 0 Å². The number of fused-ring (bicyclic) bond motifs is 1. The summed E-state index contributed by atoms with van der Waals surface area (Å²) < 4.78 is 0. The average Bonchev–Trinajstić information content (AvgIpc) is 3.24. The van der Waals surface area contributed by atoms with E-state index in [1.807, 2.05) is 0 Å². The minimum absolute atomic E-state index is 0.0104. The zero-order valence-electron chi connectivity index (χ0n) is 10.3. The van der Waals surface area contributed by atoms with E-state index in [1.54, 1.807) is 6.20 Å². The first-order valence-corrected chi connectivity index (χ1v) is 6.69. The number of hydrogen-bond donors (Lipinski definition) is 3. The maximum atomic E-state index is 12.0. The summed E-state index contributed by atoms with van der Waals surface area (Å²) in [6, 6.07) is 0.0104. The molecule has 0 bridgehead atoms. The number of imidazole rings is 1. The molecular weight excluding hydrogens is 246 g/mol. The lowest BCUT2D eigenvalue weighted by atomic mass is 9.80. The van der Waals surface area contributed by atoms with Gasteiger partial charge in [-0.3, -0.25) is 9.59 Å². The SMILES string of the molecule is O=C(N[C@@H]1C[C@@]2(C(=O)O)C[C@@H]12)c1cnc(C2CC2)[nH]1. The van der Waals surface area contributed by atoms with Gasteiger partial charge >= 0.3 is 5.97 Å². The topological polar surface area (TPSA) is 95.1 Å². The van der Waals surface area contributed by atoms with Crippen LogP contribution in [0.15, 0.2) is 6.20 Å². The number of carbonyl (C=O) groups is 2. The van der Waals surface area contributed by atoms with E-state index in [0.29, 0.717) is 24.5 Å². The van der Waals surface area contributed by atoms with Gasteiger partial charge in [0.1, 0.15) is 11.5 Å². The van der Waals surface area contributed by atoms with Crippen molar-refractivity contribution < 1.29 is 14.7 Å². The van der Waals surface area contributed by atoms with Crippen molar-refractivity contribution in [2.75, 3.05) is 0 Å². The van der Waals surface area contributed by atoms with Crippen LogP contribution in [-0.4, -0.2) is 33.0 Å². The van der Waals surface area contributed by atoms with Gasteiger partial charge in [0.2, 0.25) is 0 Å². The van der Waals surface area contributed by atoms with Gasteiger partial charge in [0.15, 0.2) is 0 Å². The molecule has 0 saturated heterocycles. The van der Waals surface area contributed by atoms with Gasteiger partial charge < -0.3 is 15.4 Å². The molecule has 6 heteroatoms. The summed E-state index contributed by atoms with van der Waals surface area (Å²) in [5, 5.41) is 11.9. The first kappa shape index (κ1) is 11.0. The normalized spacial score (nSPS) is 35.2. The first-order chi connectivity index (χ1) is 9.10. The lowest BCUT2D eigenvalue weighted by Gasteiger charge is -2.31. The number of aromatic amines is 1. The smallest absolute Gasteiger partial charge is 0.310 e. The molecule has 1 aromatic heterocycles. The largest absolute Gasteiger partial charge is 0.481 e. The van der Waals surface area contributed by atoms with Crippen molar-refractivity contribution in [1.29, 1.82) is 0 Å². The highest BCUT2D eigenvalue weighted by Crippen LogP contribution is 2.67. The Hall–Kier alpha value is -1.85.